The van der Waals surface area contributed by atoms with E-state index in [-0.39, 0.29) is 6.61 Å². The SMILES string of the molecule is Clc1ccccc1OCc1nnc(SCc2cccnc2)n1-c1ccccc1. The zero-order chi connectivity index (χ0) is 19.2. The third kappa shape index (κ3) is 4.35. The summed E-state index contributed by atoms with van der Waals surface area (Å²) in [6, 6.07) is 21.4. The topological polar surface area (TPSA) is 52.8 Å². The van der Waals surface area contributed by atoms with Gasteiger partial charge in [0.25, 0.3) is 0 Å². The molecule has 0 aliphatic heterocycles. The number of para-hydroxylation sites is 2. The molecule has 2 aromatic heterocycles. The fourth-order valence-electron chi connectivity index (χ4n) is 2.66. The van der Waals surface area contributed by atoms with Crippen LogP contribution in [0.4, 0.5) is 0 Å². The van der Waals surface area contributed by atoms with E-state index in [9.17, 15) is 0 Å². The molecule has 0 N–H and O–H groups in total. The molecule has 2 aromatic carbocycles. The Bertz CT molecular complexity index is 1040. The summed E-state index contributed by atoms with van der Waals surface area (Å²) in [5, 5.41) is 10.1. The third-order valence-corrected chi connectivity index (χ3v) is 5.31. The van der Waals surface area contributed by atoms with Gasteiger partial charge in [-0.2, -0.15) is 0 Å². The highest BCUT2D eigenvalue weighted by atomic mass is 35.5. The predicted molar refractivity (Wildman–Crippen MR) is 111 cm³/mol. The fraction of sp³-hybridized carbons (Fsp3) is 0.0952. The highest BCUT2D eigenvalue weighted by Gasteiger charge is 2.15. The van der Waals surface area contributed by atoms with Gasteiger partial charge in [-0.25, -0.2) is 0 Å². The van der Waals surface area contributed by atoms with Gasteiger partial charge in [0, 0.05) is 23.8 Å². The molecule has 0 saturated carbocycles. The van der Waals surface area contributed by atoms with Gasteiger partial charge in [-0.1, -0.05) is 59.8 Å². The van der Waals surface area contributed by atoms with E-state index < -0.39 is 0 Å². The minimum Gasteiger partial charge on any atom is -0.484 e. The molecule has 0 aliphatic carbocycles. The lowest BCUT2D eigenvalue weighted by Crippen LogP contribution is -2.06. The first-order valence-corrected chi connectivity index (χ1v) is 10.1. The molecule has 0 bridgehead atoms. The highest BCUT2D eigenvalue weighted by molar-refractivity contribution is 7.98. The van der Waals surface area contributed by atoms with E-state index in [1.54, 1.807) is 24.0 Å². The predicted octanol–water partition coefficient (Wildman–Crippen LogP) is 5.19. The van der Waals surface area contributed by atoms with Crippen LogP contribution in [0.5, 0.6) is 5.75 Å². The van der Waals surface area contributed by atoms with Crippen molar-refractivity contribution >= 4 is 23.4 Å². The van der Waals surface area contributed by atoms with Crippen molar-refractivity contribution in [3.8, 4) is 11.4 Å². The maximum Gasteiger partial charge on any atom is 0.196 e. The van der Waals surface area contributed by atoms with Crippen molar-refractivity contribution in [2.45, 2.75) is 17.5 Å². The van der Waals surface area contributed by atoms with Gasteiger partial charge in [-0.05, 0) is 35.9 Å². The second kappa shape index (κ2) is 8.91. The Morgan fingerprint density at radius 1 is 0.929 bits per heavy atom. The summed E-state index contributed by atoms with van der Waals surface area (Å²) in [6.07, 6.45) is 3.63. The summed E-state index contributed by atoms with van der Waals surface area (Å²) in [4.78, 5) is 4.17. The van der Waals surface area contributed by atoms with Crippen molar-refractivity contribution in [3.63, 3.8) is 0 Å². The lowest BCUT2D eigenvalue weighted by molar-refractivity contribution is 0.293. The average molecular weight is 409 g/mol. The van der Waals surface area contributed by atoms with Crippen LogP contribution < -0.4 is 4.74 Å². The number of aromatic nitrogens is 4. The van der Waals surface area contributed by atoms with Crippen molar-refractivity contribution in [2.75, 3.05) is 0 Å². The highest BCUT2D eigenvalue weighted by Crippen LogP contribution is 2.27. The summed E-state index contributed by atoms with van der Waals surface area (Å²) < 4.78 is 7.90. The van der Waals surface area contributed by atoms with Gasteiger partial charge in [0.1, 0.15) is 12.4 Å². The molecule has 4 rings (SSSR count). The summed E-state index contributed by atoms with van der Waals surface area (Å²) in [6.45, 7) is 0.263. The molecule has 0 unspecified atom stereocenters. The minimum absolute atomic E-state index is 0.263. The Labute approximate surface area is 172 Å². The largest absolute Gasteiger partial charge is 0.484 e. The average Bonchev–Trinajstić information content (AvgIpc) is 3.16. The van der Waals surface area contributed by atoms with Crippen LogP contribution in [0.25, 0.3) is 5.69 Å². The Morgan fingerprint density at radius 2 is 1.75 bits per heavy atom. The molecule has 0 fully saturated rings. The van der Waals surface area contributed by atoms with E-state index in [0.29, 0.717) is 16.6 Å². The number of ether oxygens (including phenoxy) is 1. The fourth-order valence-corrected chi connectivity index (χ4v) is 3.75. The molecule has 4 aromatic rings. The number of rotatable bonds is 7. The van der Waals surface area contributed by atoms with E-state index >= 15 is 0 Å². The van der Waals surface area contributed by atoms with E-state index in [1.807, 2.05) is 71.4 Å². The number of hydrogen-bond acceptors (Lipinski definition) is 5. The molecule has 0 saturated heterocycles. The van der Waals surface area contributed by atoms with E-state index in [2.05, 4.69) is 15.2 Å². The lowest BCUT2D eigenvalue weighted by Gasteiger charge is -2.11. The molecule has 0 atom stereocenters. The number of pyridine rings is 1. The summed E-state index contributed by atoms with van der Waals surface area (Å²) >= 11 is 7.80. The molecule has 0 amide bonds. The Hall–Kier alpha value is -2.83. The molecular weight excluding hydrogens is 392 g/mol. The second-order valence-electron chi connectivity index (χ2n) is 5.94. The van der Waals surface area contributed by atoms with Crippen LogP contribution >= 0.6 is 23.4 Å². The van der Waals surface area contributed by atoms with Gasteiger partial charge in [0.15, 0.2) is 11.0 Å². The van der Waals surface area contributed by atoms with Crippen molar-refractivity contribution in [3.05, 3.63) is 95.5 Å². The summed E-state index contributed by atoms with van der Waals surface area (Å²) in [5.74, 6) is 2.08. The van der Waals surface area contributed by atoms with Gasteiger partial charge in [-0.3, -0.25) is 9.55 Å². The quantitative estimate of drug-likeness (QED) is 0.394. The Morgan fingerprint density at radius 3 is 2.54 bits per heavy atom. The van der Waals surface area contributed by atoms with E-state index in [4.69, 9.17) is 16.3 Å². The summed E-state index contributed by atoms with van der Waals surface area (Å²) in [5.41, 5.74) is 2.11. The van der Waals surface area contributed by atoms with Crippen LogP contribution in [0, 0.1) is 0 Å². The first-order valence-electron chi connectivity index (χ1n) is 8.70. The van der Waals surface area contributed by atoms with Gasteiger partial charge < -0.3 is 4.74 Å². The number of thioether (sulfide) groups is 1. The van der Waals surface area contributed by atoms with Gasteiger partial charge in [0.05, 0.1) is 5.02 Å². The molecule has 0 radical (unpaired) electrons. The third-order valence-electron chi connectivity index (χ3n) is 4.00. The zero-order valence-electron chi connectivity index (χ0n) is 14.9. The number of nitrogens with zero attached hydrogens (tertiary/aromatic N) is 4. The van der Waals surface area contributed by atoms with E-state index in [1.165, 1.54) is 0 Å². The number of benzene rings is 2. The lowest BCUT2D eigenvalue weighted by atomic mass is 10.3. The van der Waals surface area contributed by atoms with Crippen LogP contribution in [0.1, 0.15) is 11.4 Å². The van der Waals surface area contributed by atoms with Crippen molar-refractivity contribution < 1.29 is 4.74 Å². The monoisotopic (exact) mass is 408 g/mol. The maximum absolute atomic E-state index is 6.19. The van der Waals surface area contributed by atoms with Crippen LogP contribution in [-0.4, -0.2) is 19.7 Å². The molecule has 5 nitrogen and oxygen atoms in total. The molecule has 2 heterocycles. The van der Waals surface area contributed by atoms with Crippen LogP contribution in [0.2, 0.25) is 5.02 Å². The van der Waals surface area contributed by atoms with Crippen molar-refractivity contribution in [1.82, 2.24) is 19.7 Å². The number of hydrogen-bond donors (Lipinski definition) is 0. The maximum atomic E-state index is 6.19. The molecular formula is C21H17ClN4OS. The van der Waals surface area contributed by atoms with Crippen LogP contribution in [0.15, 0.2) is 84.3 Å². The van der Waals surface area contributed by atoms with Gasteiger partial charge >= 0.3 is 0 Å². The van der Waals surface area contributed by atoms with Crippen LogP contribution in [-0.2, 0) is 12.4 Å². The molecule has 0 aliphatic rings. The van der Waals surface area contributed by atoms with Crippen LogP contribution in [0.3, 0.4) is 0 Å². The standard InChI is InChI=1S/C21H17ClN4OS/c22-18-10-4-5-11-19(18)27-14-20-24-25-21(26(20)17-8-2-1-3-9-17)28-15-16-7-6-12-23-13-16/h1-13H,14-15H2. The summed E-state index contributed by atoms with van der Waals surface area (Å²) in [7, 11) is 0. The normalized spacial score (nSPS) is 10.8. The molecule has 140 valence electrons. The Kier molecular flexibility index (Phi) is 5.89. The van der Waals surface area contributed by atoms with Gasteiger partial charge in [-0.15, -0.1) is 10.2 Å². The second-order valence-corrected chi connectivity index (χ2v) is 7.29. The first-order chi connectivity index (χ1) is 13.8. The molecule has 7 heteroatoms. The minimum atomic E-state index is 0.263. The van der Waals surface area contributed by atoms with Crippen molar-refractivity contribution in [2.24, 2.45) is 0 Å². The molecule has 28 heavy (non-hydrogen) atoms. The smallest absolute Gasteiger partial charge is 0.196 e. The Balaban J connectivity index is 1.59. The first kappa shape index (κ1) is 18.5. The molecule has 0 spiro atoms. The van der Waals surface area contributed by atoms with E-state index in [0.717, 1.165) is 22.2 Å². The zero-order valence-corrected chi connectivity index (χ0v) is 16.5. The van der Waals surface area contributed by atoms with Gasteiger partial charge in [0.2, 0.25) is 0 Å². The number of halogens is 1. The van der Waals surface area contributed by atoms with Crippen molar-refractivity contribution in [1.29, 1.82) is 0 Å².